The summed E-state index contributed by atoms with van der Waals surface area (Å²) in [6.07, 6.45) is 0. The van der Waals surface area contributed by atoms with Crippen LogP contribution in [0.2, 0.25) is 0 Å². The normalized spacial score (nSPS) is 19.2. The fraction of sp³-hybridized carbons (Fsp3) is 1.00. The molecule has 0 aliphatic carbocycles. The number of hydrogen-bond donors (Lipinski definition) is 1. The maximum atomic E-state index is 11.7. The molecule has 0 saturated carbocycles. The molecule has 1 aliphatic heterocycles. The molecule has 16 heavy (non-hydrogen) atoms. The molecule has 1 fully saturated rings. The first-order valence-corrected chi connectivity index (χ1v) is 7.62. The Morgan fingerprint density at radius 2 is 1.88 bits per heavy atom. The lowest BCUT2D eigenvalue weighted by Gasteiger charge is -2.29. The Hall–Kier alpha value is -0.170. The van der Waals surface area contributed by atoms with Gasteiger partial charge in [-0.2, -0.15) is 0 Å². The highest BCUT2D eigenvalue weighted by Crippen LogP contribution is 2.02. The van der Waals surface area contributed by atoms with Crippen molar-refractivity contribution in [2.24, 2.45) is 0 Å². The number of likely N-dealkylation sites (N-methyl/N-ethyl adjacent to an activating group) is 1. The van der Waals surface area contributed by atoms with Crippen LogP contribution in [0.25, 0.3) is 0 Å². The molecule has 0 spiro atoms. The van der Waals surface area contributed by atoms with Crippen molar-refractivity contribution < 1.29 is 8.42 Å². The molecule has 1 saturated heterocycles. The van der Waals surface area contributed by atoms with Crippen molar-refractivity contribution in [1.29, 1.82) is 0 Å². The third kappa shape index (κ3) is 4.01. The Balaban J connectivity index is 2.39. The number of nitrogens with one attached hydrogen (secondary N) is 1. The molecule has 0 aromatic carbocycles. The van der Waals surface area contributed by atoms with Crippen LogP contribution in [0, 0.1) is 0 Å². The highest BCUT2D eigenvalue weighted by Gasteiger charge is 2.19. The quantitative estimate of drug-likeness (QED) is 0.693. The number of hydrogen-bond acceptors (Lipinski definition) is 4. The highest BCUT2D eigenvalue weighted by atomic mass is 32.2. The molecule has 1 heterocycles. The minimum Gasteiger partial charge on any atom is -0.314 e. The van der Waals surface area contributed by atoms with Gasteiger partial charge in [0.05, 0.1) is 5.75 Å². The van der Waals surface area contributed by atoms with Crippen LogP contribution in [0.4, 0.5) is 0 Å². The average molecular weight is 249 g/mol. The van der Waals surface area contributed by atoms with Crippen LogP contribution in [-0.2, 0) is 10.0 Å². The summed E-state index contributed by atoms with van der Waals surface area (Å²) in [5, 5.41) is 3.28. The predicted molar refractivity (Wildman–Crippen MR) is 66.0 cm³/mol. The van der Waals surface area contributed by atoms with Crippen molar-refractivity contribution in [2.75, 3.05) is 51.6 Å². The average Bonchev–Trinajstić information content (AvgIpc) is 2.31. The number of sulfonamides is 1. The van der Waals surface area contributed by atoms with Gasteiger partial charge in [0.25, 0.3) is 0 Å². The summed E-state index contributed by atoms with van der Waals surface area (Å²) in [7, 11) is -3.02. The van der Waals surface area contributed by atoms with Crippen LogP contribution >= 0.6 is 0 Å². The molecule has 96 valence electrons. The van der Waals surface area contributed by atoms with Crippen molar-refractivity contribution >= 4 is 10.0 Å². The van der Waals surface area contributed by atoms with Gasteiger partial charge >= 0.3 is 0 Å². The van der Waals surface area contributed by atoms with Gasteiger partial charge < -0.3 is 5.32 Å². The predicted octanol–water partition coefficient (Wildman–Crippen LogP) is -0.437. The first kappa shape index (κ1) is 13.9. The van der Waals surface area contributed by atoms with Gasteiger partial charge in [-0.15, -0.1) is 0 Å². The standard InChI is InChI=1S/C10H23N3O2S/c1-3-13(16(14,15)4-2)10-9-12-7-5-11-6-8-12/h11H,3-10H2,1-2H3. The van der Waals surface area contributed by atoms with Gasteiger partial charge in [-0.1, -0.05) is 6.92 Å². The Bertz CT molecular complexity index is 286. The van der Waals surface area contributed by atoms with Gasteiger partial charge in [0.15, 0.2) is 0 Å². The Kier molecular flexibility index (Phi) is 5.68. The highest BCUT2D eigenvalue weighted by molar-refractivity contribution is 7.89. The Morgan fingerprint density at radius 1 is 1.25 bits per heavy atom. The zero-order chi connectivity index (χ0) is 12.0. The van der Waals surface area contributed by atoms with Crippen LogP contribution in [-0.4, -0.2) is 69.2 Å². The third-order valence-electron chi connectivity index (χ3n) is 2.99. The molecule has 1 aliphatic rings. The number of piperazine rings is 1. The van der Waals surface area contributed by atoms with Gasteiger partial charge in [0, 0.05) is 45.8 Å². The van der Waals surface area contributed by atoms with Gasteiger partial charge in [-0.25, -0.2) is 12.7 Å². The molecular formula is C10H23N3O2S. The fourth-order valence-corrected chi connectivity index (χ4v) is 2.98. The Morgan fingerprint density at radius 3 is 2.38 bits per heavy atom. The second-order valence-electron chi connectivity index (χ2n) is 3.98. The topological polar surface area (TPSA) is 52.6 Å². The number of nitrogens with zero attached hydrogens (tertiary/aromatic N) is 2. The summed E-state index contributed by atoms with van der Waals surface area (Å²) in [6.45, 7) is 9.67. The van der Waals surface area contributed by atoms with Crippen LogP contribution < -0.4 is 5.32 Å². The smallest absolute Gasteiger partial charge is 0.213 e. The van der Waals surface area contributed by atoms with Crippen molar-refractivity contribution in [2.45, 2.75) is 13.8 Å². The summed E-state index contributed by atoms with van der Waals surface area (Å²) in [5.41, 5.74) is 0. The molecule has 1 rings (SSSR count). The molecule has 0 unspecified atom stereocenters. The van der Waals surface area contributed by atoms with E-state index in [1.165, 1.54) is 0 Å². The van der Waals surface area contributed by atoms with Crippen molar-refractivity contribution in [1.82, 2.24) is 14.5 Å². The molecule has 0 radical (unpaired) electrons. The van der Waals surface area contributed by atoms with Crippen molar-refractivity contribution in [3.05, 3.63) is 0 Å². The van der Waals surface area contributed by atoms with Crippen LogP contribution in [0.1, 0.15) is 13.8 Å². The van der Waals surface area contributed by atoms with E-state index >= 15 is 0 Å². The van der Waals surface area contributed by atoms with E-state index in [0.29, 0.717) is 13.1 Å². The second-order valence-corrected chi connectivity index (χ2v) is 6.24. The van der Waals surface area contributed by atoms with Crippen molar-refractivity contribution in [3.63, 3.8) is 0 Å². The monoisotopic (exact) mass is 249 g/mol. The Labute approximate surface area is 98.8 Å². The SMILES string of the molecule is CCN(CCN1CCNCC1)S(=O)(=O)CC. The maximum absolute atomic E-state index is 11.7. The molecule has 0 amide bonds. The van der Waals surface area contributed by atoms with Gasteiger partial charge in [0.2, 0.25) is 10.0 Å². The minimum atomic E-state index is -3.02. The molecule has 0 bridgehead atoms. The first-order valence-electron chi connectivity index (χ1n) is 6.01. The molecule has 0 atom stereocenters. The van der Waals surface area contributed by atoms with Gasteiger partial charge in [-0.3, -0.25) is 4.90 Å². The molecule has 5 nitrogen and oxygen atoms in total. The van der Waals surface area contributed by atoms with E-state index in [2.05, 4.69) is 10.2 Å². The second kappa shape index (κ2) is 6.54. The van der Waals surface area contributed by atoms with E-state index in [9.17, 15) is 8.42 Å². The first-order chi connectivity index (χ1) is 7.60. The lowest BCUT2D eigenvalue weighted by molar-refractivity contribution is 0.225. The largest absolute Gasteiger partial charge is 0.314 e. The van der Waals surface area contributed by atoms with Crippen LogP contribution in [0.3, 0.4) is 0 Å². The van der Waals surface area contributed by atoms with E-state index in [-0.39, 0.29) is 5.75 Å². The maximum Gasteiger partial charge on any atom is 0.213 e. The zero-order valence-electron chi connectivity index (χ0n) is 10.3. The van der Waals surface area contributed by atoms with Gasteiger partial charge in [-0.05, 0) is 6.92 Å². The molecule has 1 N–H and O–H groups in total. The summed E-state index contributed by atoms with van der Waals surface area (Å²) in [4.78, 5) is 2.31. The minimum absolute atomic E-state index is 0.197. The van der Waals surface area contributed by atoms with Crippen LogP contribution in [0.5, 0.6) is 0 Å². The molecular weight excluding hydrogens is 226 g/mol. The van der Waals surface area contributed by atoms with Gasteiger partial charge in [0.1, 0.15) is 0 Å². The summed E-state index contributed by atoms with van der Waals surface area (Å²) >= 11 is 0. The third-order valence-corrected chi connectivity index (χ3v) is 4.94. The van der Waals surface area contributed by atoms with E-state index in [1.807, 2.05) is 6.92 Å². The van der Waals surface area contributed by atoms with E-state index < -0.39 is 10.0 Å². The molecule has 0 aromatic rings. The van der Waals surface area contributed by atoms with Crippen molar-refractivity contribution in [3.8, 4) is 0 Å². The summed E-state index contributed by atoms with van der Waals surface area (Å²) in [6, 6.07) is 0. The van der Waals surface area contributed by atoms with Crippen LogP contribution in [0.15, 0.2) is 0 Å². The lowest BCUT2D eigenvalue weighted by atomic mass is 10.3. The summed E-state index contributed by atoms with van der Waals surface area (Å²) in [5.74, 6) is 0.197. The van der Waals surface area contributed by atoms with E-state index in [0.717, 1.165) is 32.7 Å². The van der Waals surface area contributed by atoms with E-state index in [1.54, 1.807) is 11.2 Å². The van der Waals surface area contributed by atoms with E-state index in [4.69, 9.17) is 0 Å². The molecule has 6 heteroatoms. The zero-order valence-corrected chi connectivity index (χ0v) is 11.1. The lowest BCUT2D eigenvalue weighted by Crippen LogP contribution is -2.47. The molecule has 0 aromatic heterocycles. The summed E-state index contributed by atoms with van der Waals surface area (Å²) < 4.78 is 25.0. The number of rotatable bonds is 6. The fourth-order valence-electron chi connectivity index (χ4n) is 1.86.